The third kappa shape index (κ3) is 2.26. The van der Waals surface area contributed by atoms with E-state index >= 15 is 0 Å². The minimum atomic E-state index is -0.915. The van der Waals surface area contributed by atoms with Crippen molar-refractivity contribution in [3.8, 4) is 0 Å². The van der Waals surface area contributed by atoms with Gasteiger partial charge in [0.15, 0.2) is 6.04 Å². The number of nitrogens with one attached hydrogen (secondary N) is 2. The molecule has 1 fully saturated rings. The Labute approximate surface area is 101 Å². The second-order valence-electron chi connectivity index (χ2n) is 3.56. The highest BCUT2D eigenvalue weighted by molar-refractivity contribution is 6.01. The third-order valence-electron chi connectivity index (χ3n) is 2.38. The Morgan fingerprint density at radius 2 is 2.39 bits per heavy atom. The first-order valence-corrected chi connectivity index (χ1v) is 5.00. The van der Waals surface area contributed by atoms with E-state index in [-0.39, 0.29) is 6.54 Å². The van der Waals surface area contributed by atoms with Crippen molar-refractivity contribution in [3.63, 3.8) is 0 Å². The van der Waals surface area contributed by atoms with Crippen molar-refractivity contribution < 1.29 is 19.1 Å². The van der Waals surface area contributed by atoms with Crippen molar-refractivity contribution in [1.82, 2.24) is 30.8 Å². The minimum absolute atomic E-state index is 0.134. The highest BCUT2D eigenvalue weighted by Gasteiger charge is 2.45. The van der Waals surface area contributed by atoms with Gasteiger partial charge in [-0.1, -0.05) is 0 Å². The van der Waals surface area contributed by atoms with Gasteiger partial charge < -0.3 is 15.4 Å². The molecule has 0 saturated carbocycles. The van der Waals surface area contributed by atoms with Crippen LogP contribution in [0.15, 0.2) is 6.33 Å². The van der Waals surface area contributed by atoms with Crippen molar-refractivity contribution >= 4 is 17.8 Å². The van der Waals surface area contributed by atoms with Crippen molar-refractivity contribution in [2.24, 2.45) is 0 Å². The number of carbonyl (C=O) groups is 3. The maximum Gasteiger partial charge on any atom is 0.331 e. The fraction of sp³-hybridized carbons (Fsp3) is 0.500. The molecule has 10 heteroatoms. The largest absolute Gasteiger partial charge is 0.467 e. The molecule has 0 aromatic carbocycles. The molecule has 96 valence electrons. The predicted molar refractivity (Wildman–Crippen MR) is 53.7 cm³/mol. The number of nitrogens with zero attached hydrogens (tertiary/aromatic N) is 4. The topological polar surface area (TPSA) is 128 Å². The van der Waals surface area contributed by atoms with Gasteiger partial charge in [0.1, 0.15) is 18.9 Å². The van der Waals surface area contributed by atoms with Crippen molar-refractivity contribution in [3.05, 3.63) is 6.33 Å². The molecule has 1 aromatic heterocycles. The summed E-state index contributed by atoms with van der Waals surface area (Å²) in [5, 5.41) is 15.0. The highest BCUT2D eigenvalue weighted by atomic mass is 16.5. The lowest BCUT2D eigenvalue weighted by molar-refractivity contribution is -0.154. The monoisotopic (exact) mass is 254 g/mol. The number of methoxy groups -OCH3 is 1. The van der Waals surface area contributed by atoms with E-state index in [9.17, 15) is 14.4 Å². The first-order valence-electron chi connectivity index (χ1n) is 5.00. The molecule has 0 bridgehead atoms. The number of β-lactam (4-membered cyclic amide) rings is 1. The Hall–Kier alpha value is -2.52. The molecule has 2 amide bonds. The standard InChI is InChI=1S/C8H10N6O4/c1-18-8(17)6-5(7(16)11-6)10-4(15)2-14-3-9-12-13-14/h3,5-6H,2H2,1H3,(H,10,15)(H,11,16)/t5-,6-/m1/s1. The van der Waals surface area contributed by atoms with Crippen LogP contribution in [0.4, 0.5) is 0 Å². The van der Waals surface area contributed by atoms with E-state index in [0.29, 0.717) is 0 Å². The summed E-state index contributed by atoms with van der Waals surface area (Å²) in [6.45, 7) is -0.134. The maximum absolute atomic E-state index is 11.6. The fourth-order valence-corrected chi connectivity index (χ4v) is 1.47. The zero-order valence-electron chi connectivity index (χ0n) is 9.36. The molecule has 1 aromatic rings. The average Bonchev–Trinajstić information content (AvgIpc) is 2.85. The number of hydrogen-bond donors (Lipinski definition) is 2. The first kappa shape index (κ1) is 12.0. The smallest absolute Gasteiger partial charge is 0.331 e. The SMILES string of the molecule is COC(=O)[C@@H]1NC(=O)[C@@H]1NC(=O)Cn1cnnn1. The number of aromatic nitrogens is 4. The molecule has 18 heavy (non-hydrogen) atoms. The molecule has 1 saturated heterocycles. The van der Waals surface area contributed by atoms with E-state index in [4.69, 9.17) is 0 Å². The number of carbonyl (C=O) groups excluding carboxylic acids is 3. The molecule has 0 aliphatic carbocycles. The number of tetrazole rings is 1. The minimum Gasteiger partial charge on any atom is -0.467 e. The molecule has 0 unspecified atom stereocenters. The van der Waals surface area contributed by atoms with E-state index in [0.717, 1.165) is 0 Å². The zero-order valence-corrected chi connectivity index (χ0v) is 9.36. The number of ether oxygens (including phenoxy) is 1. The Kier molecular flexibility index (Phi) is 3.17. The van der Waals surface area contributed by atoms with Gasteiger partial charge in [0, 0.05) is 0 Å². The summed E-state index contributed by atoms with van der Waals surface area (Å²) in [6.07, 6.45) is 1.26. The molecule has 2 heterocycles. The Morgan fingerprint density at radius 3 is 2.94 bits per heavy atom. The molecule has 10 nitrogen and oxygen atoms in total. The molecular formula is C8H10N6O4. The molecular weight excluding hydrogens is 244 g/mol. The average molecular weight is 254 g/mol. The zero-order chi connectivity index (χ0) is 13.1. The van der Waals surface area contributed by atoms with Crippen LogP contribution in [0.3, 0.4) is 0 Å². The van der Waals surface area contributed by atoms with Crippen LogP contribution in [0, 0.1) is 0 Å². The quantitative estimate of drug-likeness (QED) is 0.428. The Morgan fingerprint density at radius 1 is 1.61 bits per heavy atom. The van der Waals surface area contributed by atoms with Gasteiger partial charge in [0.2, 0.25) is 11.8 Å². The molecule has 2 atom stereocenters. The van der Waals surface area contributed by atoms with Crippen LogP contribution >= 0.6 is 0 Å². The van der Waals surface area contributed by atoms with Gasteiger partial charge in [-0.2, -0.15) is 0 Å². The van der Waals surface area contributed by atoms with Crippen LogP contribution in [0.2, 0.25) is 0 Å². The van der Waals surface area contributed by atoms with Gasteiger partial charge in [0.25, 0.3) is 0 Å². The third-order valence-corrected chi connectivity index (χ3v) is 2.38. The summed E-state index contributed by atoms with van der Waals surface area (Å²) in [5.74, 6) is -1.52. The van der Waals surface area contributed by atoms with Crippen LogP contribution < -0.4 is 10.6 Å². The predicted octanol–water partition coefficient (Wildman–Crippen LogP) is -3.17. The Balaban J connectivity index is 1.90. The molecule has 2 rings (SSSR count). The van der Waals surface area contributed by atoms with Crippen LogP contribution in [-0.4, -0.2) is 57.2 Å². The summed E-state index contributed by atoms with van der Waals surface area (Å²) in [4.78, 5) is 34.0. The van der Waals surface area contributed by atoms with Crippen LogP contribution in [-0.2, 0) is 25.7 Å². The normalized spacial score (nSPS) is 21.7. The van der Waals surface area contributed by atoms with Gasteiger partial charge in [-0.05, 0) is 10.4 Å². The van der Waals surface area contributed by atoms with Crippen LogP contribution in [0.25, 0.3) is 0 Å². The van der Waals surface area contributed by atoms with Gasteiger partial charge in [0.05, 0.1) is 7.11 Å². The van der Waals surface area contributed by atoms with E-state index in [1.807, 2.05) is 0 Å². The second-order valence-corrected chi connectivity index (χ2v) is 3.56. The van der Waals surface area contributed by atoms with E-state index in [2.05, 4.69) is 30.9 Å². The lowest BCUT2D eigenvalue weighted by atomic mass is 9.99. The summed E-state index contributed by atoms with van der Waals surface area (Å²) in [6, 6.07) is -1.76. The van der Waals surface area contributed by atoms with Gasteiger partial charge in [-0.25, -0.2) is 9.48 Å². The fourth-order valence-electron chi connectivity index (χ4n) is 1.47. The van der Waals surface area contributed by atoms with E-state index < -0.39 is 29.9 Å². The van der Waals surface area contributed by atoms with Gasteiger partial charge in [-0.15, -0.1) is 5.10 Å². The lowest BCUT2D eigenvalue weighted by Crippen LogP contribution is -2.72. The molecule has 0 radical (unpaired) electrons. The number of rotatable bonds is 4. The van der Waals surface area contributed by atoms with E-state index in [1.54, 1.807) is 0 Å². The van der Waals surface area contributed by atoms with Crippen LogP contribution in [0.5, 0.6) is 0 Å². The second kappa shape index (κ2) is 4.77. The summed E-state index contributed by atoms with van der Waals surface area (Å²) in [5.41, 5.74) is 0. The van der Waals surface area contributed by atoms with Gasteiger partial charge in [-0.3, -0.25) is 9.59 Å². The lowest BCUT2D eigenvalue weighted by Gasteiger charge is -2.34. The number of esters is 1. The first-order chi connectivity index (χ1) is 8.61. The van der Waals surface area contributed by atoms with Gasteiger partial charge >= 0.3 is 5.97 Å². The summed E-state index contributed by atoms with van der Waals surface area (Å²) in [7, 11) is 1.20. The summed E-state index contributed by atoms with van der Waals surface area (Å²) >= 11 is 0. The maximum atomic E-state index is 11.6. The van der Waals surface area contributed by atoms with Crippen molar-refractivity contribution in [2.45, 2.75) is 18.6 Å². The number of amides is 2. The highest BCUT2D eigenvalue weighted by Crippen LogP contribution is 2.07. The molecule has 2 N–H and O–H groups in total. The molecule has 1 aliphatic heterocycles. The molecule has 0 spiro atoms. The van der Waals surface area contributed by atoms with Crippen molar-refractivity contribution in [1.29, 1.82) is 0 Å². The summed E-state index contributed by atoms with van der Waals surface area (Å²) < 4.78 is 5.67. The van der Waals surface area contributed by atoms with Crippen molar-refractivity contribution in [2.75, 3.05) is 7.11 Å². The Bertz CT molecular complexity index is 472. The van der Waals surface area contributed by atoms with Crippen LogP contribution in [0.1, 0.15) is 0 Å². The molecule has 1 aliphatic rings. The van der Waals surface area contributed by atoms with E-state index in [1.165, 1.54) is 18.1 Å². The number of hydrogen-bond acceptors (Lipinski definition) is 7.